The van der Waals surface area contributed by atoms with Crippen molar-refractivity contribution in [3.8, 4) is 5.75 Å². The second-order valence-corrected chi connectivity index (χ2v) is 5.43. The summed E-state index contributed by atoms with van der Waals surface area (Å²) in [6.07, 6.45) is 1.77. The predicted octanol–water partition coefficient (Wildman–Crippen LogP) is 2.41. The van der Waals surface area contributed by atoms with E-state index in [4.69, 9.17) is 17.0 Å². The van der Waals surface area contributed by atoms with Gasteiger partial charge in [0.05, 0.1) is 7.11 Å². The first-order valence-corrected chi connectivity index (χ1v) is 6.91. The van der Waals surface area contributed by atoms with E-state index in [0.717, 1.165) is 11.3 Å². The lowest BCUT2D eigenvalue weighted by atomic mass is 10.1. The van der Waals surface area contributed by atoms with Gasteiger partial charge in [-0.1, -0.05) is 32.0 Å². The number of benzene rings is 1. The van der Waals surface area contributed by atoms with E-state index in [2.05, 4.69) is 19.2 Å². The van der Waals surface area contributed by atoms with E-state index in [0.29, 0.717) is 23.3 Å². The average Bonchev–Trinajstić information content (AvgIpc) is 2.67. The Morgan fingerprint density at radius 2 is 2.10 bits per heavy atom. The molecular weight excluding hydrogens is 272 g/mol. The Kier molecular flexibility index (Phi) is 4.39. The molecule has 106 valence electrons. The Bertz CT molecular complexity index is 567. The minimum atomic E-state index is -0.0883. The second-order valence-electron chi connectivity index (χ2n) is 5.04. The van der Waals surface area contributed by atoms with Crippen LogP contribution in [0.4, 0.5) is 0 Å². The zero-order valence-electron chi connectivity index (χ0n) is 11.8. The largest absolute Gasteiger partial charge is 0.496 e. The van der Waals surface area contributed by atoms with E-state index in [-0.39, 0.29) is 5.91 Å². The van der Waals surface area contributed by atoms with Gasteiger partial charge in [0.15, 0.2) is 5.11 Å². The highest BCUT2D eigenvalue weighted by Crippen LogP contribution is 2.22. The smallest absolute Gasteiger partial charge is 0.276 e. The van der Waals surface area contributed by atoms with Crippen LogP contribution in [0.5, 0.6) is 5.75 Å². The molecule has 5 heteroatoms. The van der Waals surface area contributed by atoms with Gasteiger partial charge in [0, 0.05) is 12.1 Å². The Balaban J connectivity index is 2.28. The molecule has 1 saturated heterocycles. The maximum atomic E-state index is 12.3. The number of hydrogen-bond acceptors (Lipinski definition) is 3. The van der Waals surface area contributed by atoms with Crippen LogP contribution < -0.4 is 10.1 Å². The van der Waals surface area contributed by atoms with Crippen molar-refractivity contribution in [3.05, 3.63) is 35.5 Å². The van der Waals surface area contributed by atoms with E-state index in [9.17, 15) is 4.79 Å². The fourth-order valence-electron chi connectivity index (χ4n) is 2.04. The van der Waals surface area contributed by atoms with Crippen LogP contribution >= 0.6 is 12.2 Å². The molecule has 1 aliphatic rings. The Labute approximate surface area is 124 Å². The lowest BCUT2D eigenvalue weighted by Crippen LogP contribution is -2.33. The molecule has 0 bridgehead atoms. The minimum Gasteiger partial charge on any atom is -0.496 e. The zero-order valence-corrected chi connectivity index (χ0v) is 12.7. The molecule has 1 aromatic carbocycles. The quantitative estimate of drug-likeness (QED) is 0.683. The fourth-order valence-corrected chi connectivity index (χ4v) is 2.31. The summed E-state index contributed by atoms with van der Waals surface area (Å²) < 4.78 is 5.28. The Morgan fingerprint density at radius 1 is 1.40 bits per heavy atom. The number of rotatable bonds is 4. The third kappa shape index (κ3) is 2.99. The molecule has 0 atom stereocenters. The number of nitrogens with zero attached hydrogens (tertiary/aromatic N) is 1. The van der Waals surface area contributed by atoms with Crippen molar-refractivity contribution in [2.45, 2.75) is 13.8 Å². The van der Waals surface area contributed by atoms with Crippen LogP contribution in [0.3, 0.4) is 0 Å². The molecular formula is C15H18N2O2S. The van der Waals surface area contributed by atoms with Gasteiger partial charge in [-0.2, -0.15) is 0 Å². The SMILES string of the molecule is COc1ccccc1/C=C1/NC(=S)N(CC(C)C)C1=O. The molecule has 1 amide bonds. The second kappa shape index (κ2) is 6.05. The molecule has 0 saturated carbocycles. The molecule has 0 radical (unpaired) electrons. The highest BCUT2D eigenvalue weighted by molar-refractivity contribution is 7.80. The minimum absolute atomic E-state index is 0.0883. The molecule has 4 nitrogen and oxygen atoms in total. The van der Waals surface area contributed by atoms with E-state index in [1.807, 2.05) is 24.3 Å². The maximum absolute atomic E-state index is 12.3. The number of nitrogens with one attached hydrogen (secondary N) is 1. The third-order valence-electron chi connectivity index (χ3n) is 2.95. The molecule has 1 fully saturated rings. The number of ether oxygens (including phenoxy) is 1. The number of thiocarbonyl (C=S) groups is 1. The summed E-state index contributed by atoms with van der Waals surface area (Å²) in [5.74, 6) is 1.00. The molecule has 0 aliphatic carbocycles. The van der Waals surface area contributed by atoms with Gasteiger partial charge in [-0.3, -0.25) is 9.69 Å². The van der Waals surface area contributed by atoms with Crippen LogP contribution in [-0.2, 0) is 4.79 Å². The van der Waals surface area contributed by atoms with Crippen molar-refractivity contribution < 1.29 is 9.53 Å². The van der Waals surface area contributed by atoms with E-state index in [1.54, 1.807) is 18.1 Å². The topological polar surface area (TPSA) is 41.6 Å². The summed E-state index contributed by atoms with van der Waals surface area (Å²) in [4.78, 5) is 13.9. The monoisotopic (exact) mass is 290 g/mol. The van der Waals surface area contributed by atoms with Crippen LogP contribution in [0.2, 0.25) is 0 Å². The highest BCUT2D eigenvalue weighted by atomic mass is 32.1. The average molecular weight is 290 g/mol. The molecule has 0 aromatic heterocycles. The van der Waals surface area contributed by atoms with Gasteiger partial charge in [0.2, 0.25) is 0 Å². The van der Waals surface area contributed by atoms with E-state index < -0.39 is 0 Å². The van der Waals surface area contributed by atoms with Crippen LogP contribution in [-0.4, -0.2) is 29.6 Å². The number of methoxy groups -OCH3 is 1. The van der Waals surface area contributed by atoms with Crippen molar-refractivity contribution in [1.82, 2.24) is 10.2 Å². The van der Waals surface area contributed by atoms with Gasteiger partial charge in [-0.05, 0) is 30.3 Å². The summed E-state index contributed by atoms with van der Waals surface area (Å²) in [6, 6.07) is 7.55. The summed E-state index contributed by atoms with van der Waals surface area (Å²) >= 11 is 5.21. The molecule has 1 aliphatic heterocycles. The molecule has 0 spiro atoms. The van der Waals surface area contributed by atoms with Crippen molar-refractivity contribution in [2.24, 2.45) is 5.92 Å². The first-order valence-electron chi connectivity index (χ1n) is 6.50. The van der Waals surface area contributed by atoms with Crippen LogP contribution in [0, 0.1) is 5.92 Å². The van der Waals surface area contributed by atoms with Crippen LogP contribution in [0.1, 0.15) is 19.4 Å². The number of para-hydroxylation sites is 1. The standard InChI is InChI=1S/C15H18N2O2S/c1-10(2)9-17-14(18)12(16-15(17)20)8-11-6-4-5-7-13(11)19-3/h4-8,10H,9H2,1-3H3,(H,16,20)/b12-8+. The Hall–Kier alpha value is -1.88. The Morgan fingerprint density at radius 3 is 2.75 bits per heavy atom. The van der Waals surface area contributed by atoms with Gasteiger partial charge in [-0.25, -0.2) is 0 Å². The van der Waals surface area contributed by atoms with Crippen molar-refractivity contribution >= 4 is 29.3 Å². The lowest BCUT2D eigenvalue weighted by molar-refractivity contribution is -0.122. The number of amides is 1. The number of carbonyl (C=O) groups is 1. The molecule has 1 heterocycles. The normalized spacial score (nSPS) is 17.0. The zero-order chi connectivity index (χ0) is 14.7. The van der Waals surface area contributed by atoms with Crippen LogP contribution in [0.15, 0.2) is 30.0 Å². The summed E-state index contributed by atoms with van der Waals surface area (Å²) in [5, 5.41) is 3.44. The van der Waals surface area contributed by atoms with Crippen molar-refractivity contribution in [3.63, 3.8) is 0 Å². The van der Waals surface area contributed by atoms with Gasteiger partial charge in [-0.15, -0.1) is 0 Å². The van der Waals surface area contributed by atoms with Crippen molar-refractivity contribution in [1.29, 1.82) is 0 Å². The molecule has 2 rings (SSSR count). The summed E-state index contributed by atoms with van der Waals surface area (Å²) in [5.41, 5.74) is 1.33. The predicted molar refractivity (Wildman–Crippen MR) is 83.3 cm³/mol. The third-order valence-corrected chi connectivity index (χ3v) is 3.27. The number of hydrogen-bond donors (Lipinski definition) is 1. The first kappa shape index (κ1) is 14.5. The number of carbonyl (C=O) groups excluding carboxylic acids is 1. The molecule has 1 N–H and O–H groups in total. The van der Waals surface area contributed by atoms with E-state index >= 15 is 0 Å². The molecule has 0 unspecified atom stereocenters. The van der Waals surface area contributed by atoms with Crippen LogP contribution in [0.25, 0.3) is 6.08 Å². The maximum Gasteiger partial charge on any atom is 0.276 e. The van der Waals surface area contributed by atoms with Gasteiger partial charge in [0.1, 0.15) is 11.4 Å². The van der Waals surface area contributed by atoms with Gasteiger partial charge in [0.25, 0.3) is 5.91 Å². The lowest BCUT2D eigenvalue weighted by Gasteiger charge is -2.16. The highest BCUT2D eigenvalue weighted by Gasteiger charge is 2.30. The molecule has 1 aromatic rings. The van der Waals surface area contributed by atoms with Crippen molar-refractivity contribution in [2.75, 3.05) is 13.7 Å². The van der Waals surface area contributed by atoms with Gasteiger partial charge < -0.3 is 10.1 Å². The van der Waals surface area contributed by atoms with Gasteiger partial charge >= 0.3 is 0 Å². The van der Waals surface area contributed by atoms with E-state index in [1.165, 1.54) is 0 Å². The summed E-state index contributed by atoms with van der Waals surface area (Å²) in [6.45, 7) is 4.73. The summed E-state index contributed by atoms with van der Waals surface area (Å²) in [7, 11) is 1.61. The fraction of sp³-hybridized carbons (Fsp3) is 0.333. The first-order chi connectivity index (χ1) is 9.52. The molecule has 20 heavy (non-hydrogen) atoms.